The van der Waals surface area contributed by atoms with Crippen molar-refractivity contribution in [2.24, 2.45) is 0 Å². The van der Waals surface area contributed by atoms with Crippen LogP contribution in [-0.2, 0) is 5.41 Å². The molecule has 0 atom stereocenters. The van der Waals surface area contributed by atoms with Crippen molar-refractivity contribution in [3.63, 3.8) is 0 Å². The molecule has 0 aliphatic heterocycles. The maximum absolute atomic E-state index is 2.50. The Balaban J connectivity index is 1.11. The van der Waals surface area contributed by atoms with Crippen LogP contribution in [-0.4, -0.2) is 0 Å². The molecule has 1 aliphatic carbocycles. The van der Waals surface area contributed by atoms with Crippen molar-refractivity contribution >= 4 is 63.8 Å². The van der Waals surface area contributed by atoms with Crippen molar-refractivity contribution in [1.82, 2.24) is 0 Å². The van der Waals surface area contributed by atoms with Gasteiger partial charge in [0.2, 0.25) is 0 Å². The molecule has 9 aromatic rings. The fourth-order valence-electron chi connectivity index (χ4n) is 8.13. The van der Waals surface area contributed by atoms with Crippen LogP contribution in [0.15, 0.2) is 146 Å². The molecule has 216 valence electrons. The molecule has 8 aromatic carbocycles. The van der Waals surface area contributed by atoms with E-state index in [2.05, 4.69) is 159 Å². The third kappa shape index (κ3) is 3.61. The molecule has 1 aromatic heterocycles. The summed E-state index contributed by atoms with van der Waals surface area (Å²) in [6.07, 6.45) is 0. The zero-order valence-corrected chi connectivity index (χ0v) is 26.6. The molecular weight excluding hydrogens is 573 g/mol. The molecule has 1 aliphatic rings. The standard InChI is InChI=1S/C45H30S/c1-45(2)39-21-19-29(27-15-17-28(18-16-27)43-33-11-5-3-9-30(33)23-31-10-4-6-12-34(31)43)24-37(39)38-25-32-20-22-42-44(36(32)26-40(38)45)35-13-7-8-14-41(35)46-42/h3-26H,1-2H3. The molecule has 0 nitrogen and oxygen atoms in total. The number of rotatable bonds is 2. The van der Waals surface area contributed by atoms with Crippen LogP contribution in [0.4, 0.5) is 0 Å². The van der Waals surface area contributed by atoms with E-state index in [4.69, 9.17) is 0 Å². The van der Waals surface area contributed by atoms with Gasteiger partial charge in [0.1, 0.15) is 0 Å². The van der Waals surface area contributed by atoms with Gasteiger partial charge in [0, 0.05) is 25.6 Å². The minimum atomic E-state index is -0.0648. The van der Waals surface area contributed by atoms with Crippen molar-refractivity contribution in [2.75, 3.05) is 0 Å². The highest BCUT2D eigenvalue weighted by Crippen LogP contribution is 2.52. The fourth-order valence-corrected chi connectivity index (χ4v) is 9.25. The second-order valence-electron chi connectivity index (χ2n) is 13.3. The molecule has 1 heteroatoms. The van der Waals surface area contributed by atoms with Gasteiger partial charge in [-0.05, 0) is 113 Å². The van der Waals surface area contributed by atoms with E-state index in [1.165, 1.54) is 97.0 Å². The first-order valence-corrected chi connectivity index (χ1v) is 16.9. The van der Waals surface area contributed by atoms with E-state index < -0.39 is 0 Å². The summed E-state index contributed by atoms with van der Waals surface area (Å²) in [5.41, 5.74) is 10.6. The van der Waals surface area contributed by atoms with Crippen LogP contribution in [0.2, 0.25) is 0 Å². The molecule has 0 spiro atoms. The summed E-state index contributed by atoms with van der Waals surface area (Å²) in [5.74, 6) is 0. The van der Waals surface area contributed by atoms with E-state index in [1.54, 1.807) is 0 Å². The van der Waals surface area contributed by atoms with E-state index >= 15 is 0 Å². The highest BCUT2D eigenvalue weighted by molar-refractivity contribution is 7.26. The topological polar surface area (TPSA) is 0 Å². The first-order valence-electron chi connectivity index (χ1n) is 16.1. The summed E-state index contributed by atoms with van der Waals surface area (Å²) in [6.45, 7) is 4.77. The molecular formula is C45H30S. The monoisotopic (exact) mass is 602 g/mol. The Kier molecular flexibility index (Phi) is 5.31. The minimum absolute atomic E-state index is 0.0648. The highest BCUT2D eigenvalue weighted by Gasteiger charge is 2.36. The van der Waals surface area contributed by atoms with Crippen molar-refractivity contribution < 1.29 is 0 Å². The Morgan fingerprint density at radius 1 is 0.413 bits per heavy atom. The van der Waals surface area contributed by atoms with Gasteiger partial charge < -0.3 is 0 Å². The third-order valence-corrected chi connectivity index (χ3v) is 11.6. The van der Waals surface area contributed by atoms with Crippen LogP contribution < -0.4 is 0 Å². The molecule has 0 radical (unpaired) electrons. The lowest BCUT2D eigenvalue weighted by Crippen LogP contribution is -2.14. The predicted octanol–water partition coefficient (Wildman–Crippen LogP) is 13.2. The average Bonchev–Trinajstić information content (AvgIpc) is 3.58. The summed E-state index contributed by atoms with van der Waals surface area (Å²) in [6, 6.07) is 54.5. The number of hydrogen-bond donors (Lipinski definition) is 0. The Bertz CT molecular complexity index is 2650. The summed E-state index contributed by atoms with van der Waals surface area (Å²) in [5, 5.41) is 10.6. The number of hydrogen-bond acceptors (Lipinski definition) is 1. The van der Waals surface area contributed by atoms with E-state index in [1.807, 2.05) is 11.3 Å². The molecule has 1 heterocycles. The third-order valence-electron chi connectivity index (χ3n) is 10.4. The van der Waals surface area contributed by atoms with Crippen molar-refractivity contribution in [2.45, 2.75) is 19.3 Å². The molecule has 10 rings (SSSR count). The van der Waals surface area contributed by atoms with Crippen molar-refractivity contribution in [1.29, 1.82) is 0 Å². The SMILES string of the molecule is CC1(C)c2ccc(-c3ccc(-c4c5ccccc5cc5ccccc45)cc3)cc2-c2cc3ccc4sc5ccccc5c4c3cc21. The lowest BCUT2D eigenvalue weighted by atomic mass is 9.81. The van der Waals surface area contributed by atoms with Crippen molar-refractivity contribution in [3.8, 4) is 33.4 Å². The predicted molar refractivity (Wildman–Crippen MR) is 200 cm³/mol. The van der Waals surface area contributed by atoms with Crippen LogP contribution in [0.1, 0.15) is 25.0 Å². The van der Waals surface area contributed by atoms with E-state index in [9.17, 15) is 0 Å². The van der Waals surface area contributed by atoms with Gasteiger partial charge in [-0.15, -0.1) is 11.3 Å². The molecule has 0 unspecified atom stereocenters. The Labute approximate surface area is 272 Å². The minimum Gasteiger partial charge on any atom is -0.135 e. The Hall–Kier alpha value is -5.24. The number of thiophene rings is 1. The van der Waals surface area contributed by atoms with Gasteiger partial charge in [-0.3, -0.25) is 0 Å². The van der Waals surface area contributed by atoms with Gasteiger partial charge >= 0.3 is 0 Å². The lowest BCUT2D eigenvalue weighted by Gasteiger charge is -2.22. The van der Waals surface area contributed by atoms with Gasteiger partial charge in [-0.25, -0.2) is 0 Å². The quantitative estimate of drug-likeness (QED) is 0.173. The largest absolute Gasteiger partial charge is 0.135 e. The fraction of sp³-hybridized carbons (Fsp3) is 0.0667. The summed E-state index contributed by atoms with van der Waals surface area (Å²) < 4.78 is 2.72. The first kappa shape index (κ1) is 26.0. The van der Waals surface area contributed by atoms with Crippen LogP contribution >= 0.6 is 11.3 Å². The molecule has 0 bridgehead atoms. The van der Waals surface area contributed by atoms with E-state index in [0.717, 1.165) is 0 Å². The second-order valence-corrected chi connectivity index (χ2v) is 14.4. The second kappa shape index (κ2) is 9.39. The Morgan fingerprint density at radius 2 is 1.02 bits per heavy atom. The normalized spacial score (nSPS) is 13.6. The van der Waals surface area contributed by atoms with Crippen LogP contribution in [0, 0.1) is 0 Å². The highest BCUT2D eigenvalue weighted by atomic mass is 32.1. The Morgan fingerprint density at radius 3 is 1.78 bits per heavy atom. The van der Waals surface area contributed by atoms with Gasteiger partial charge in [0.15, 0.2) is 0 Å². The lowest BCUT2D eigenvalue weighted by molar-refractivity contribution is 0.661. The van der Waals surface area contributed by atoms with Gasteiger partial charge in [-0.2, -0.15) is 0 Å². The maximum atomic E-state index is 2.50. The average molecular weight is 603 g/mol. The first-order chi connectivity index (χ1) is 22.5. The molecule has 0 amide bonds. The summed E-state index contributed by atoms with van der Waals surface area (Å²) >= 11 is 1.90. The number of benzene rings is 8. The van der Waals surface area contributed by atoms with Crippen LogP contribution in [0.25, 0.3) is 85.9 Å². The number of fused-ring (bicyclic) bond motifs is 10. The molecule has 0 saturated carbocycles. The molecule has 0 fully saturated rings. The summed E-state index contributed by atoms with van der Waals surface area (Å²) in [4.78, 5) is 0. The van der Waals surface area contributed by atoms with Gasteiger partial charge in [0.25, 0.3) is 0 Å². The summed E-state index contributed by atoms with van der Waals surface area (Å²) in [7, 11) is 0. The van der Waals surface area contributed by atoms with Crippen LogP contribution in [0.5, 0.6) is 0 Å². The molecule has 0 saturated heterocycles. The zero-order valence-electron chi connectivity index (χ0n) is 25.8. The maximum Gasteiger partial charge on any atom is 0.0361 e. The molecule has 0 N–H and O–H groups in total. The zero-order chi connectivity index (χ0) is 30.6. The molecule has 46 heavy (non-hydrogen) atoms. The van der Waals surface area contributed by atoms with E-state index in [-0.39, 0.29) is 5.41 Å². The van der Waals surface area contributed by atoms with Crippen molar-refractivity contribution in [3.05, 3.63) is 157 Å². The van der Waals surface area contributed by atoms with E-state index in [0.29, 0.717) is 0 Å². The smallest absolute Gasteiger partial charge is 0.0361 e. The van der Waals surface area contributed by atoms with Gasteiger partial charge in [0.05, 0.1) is 0 Å². The van der Waals surface area contributed by atoms with Gasteiger partial charge in [-0.1, -0.05) is 123 Å². The van der Waals surface area contributed by atoms with Crippen LogP contribution in [0.3, 0.4) is 0 Å².